The van der Waals surface area contributed by atoms with Gasteiger partial charge >= 0.3 is 0 Å². The number of azo groups is 1. The van der Waals surface area contributed by atoms with Gasteiger partial charge in [0.1, 0.15) is 0 Å². The Labute approximate surface area is 126 Å². The van der Waals surface area contributed by atoms with Crippen molar-refractivity contribution in [2.45, 2.75) is 6.92 Å². The van der Waals surface area contributed by atoms with Gasteiger partial charge in [0.25, 0.3) is 0 Å². The monoisotopic (exact) mass is 301 g/mol. The van der Waals surface area contributed by atoms with Gasteiger partial charge in [-0.25, -0.2) is 0 Å². The van der Waals surface area contributed by atoms with E-state index in [9.17, 15) is 0 Å². The maximum absolute atomic E-state index is 5.35. The van der Waals surface area contributed by atoms with Crippen LogP contribution in [0, 0.1) is 6.92 Å². The molecular weight excluding hydrogens is 286 g/mol. The quantitative estimate of drug-likeness (QED) is 0.227. The minimum absolute atomic E-state index is 0.0144. The molecule has 0 unspecified atom stereocenters. The molecule has 0 fully saturated rings. The van der Waals surface area contributed by atoms with E-state index in [1.54, 1.807) is 0 Å². The predicted octanol–water partition coefficient (Wildman–Crippen LogP) is 2.08. The molecule has 0 bridgehead atoms. The van der Waals surface area contributed by atoms with Gasteiger partial charge in [-0.3, -0.25) is 5.43 Å². The van der Waals surface area contributed by atoms with Crippen LogP contribution >= 0.6 is 12.2 Å². The fourth-order valence-electron chi connectivity index (χ4n) is 1.95. The van der Waals surface area contributed by atoms with Crippen LogP contribution in [-0.4, -0.2) is 11.1 Å². The number of hydrazone groups is 1. The number of nitrogens with zero attached hydrogens (tertiary/aromatic N) is 3. The second kappa shape index (κ2) is 6.14. The highest BCUT2D eigenvalue weighted by molar-refractivity contribution is 7.80. The molecule has 0 aliphatic rings. The summed E-state index contributed by atoms with van der Waals surface area (Å²) in [5, 5.41) is 13.4. The topological polar surface area (TPSA) is 127 Å². The first-order valence-corrected chi connectivity index (χ1v) is 6.48. The van der Waals surface area contributed by atoms with Crippen LogP contribution in [0.2, 0.25) is 0 Å². The molecule has 0 aliphatic carbocycles. The molecule has 21 heavy (non-hydrogen) atoms. The lowest BCUT2D eigenvalue weighted by Crippen LogP contribution is -2.24. The van der Waals surface area contributed by atoms with Crippen molar-refractivity contribution in [1.82, 2.24) is 0 Å². The van der Waals surface area contributed by atoms with Crippen LogP contribution < -0.4 is 22.6 Å². The Morgan fingerprint density at radius 1 is 1.14 bits per heavy atom. The predicted molar refractivity (Wildman–Crippen MR) is 89.4 cm³/mol. The lowest BCUT2D eigenvalue weighted by Gasteiger charge is -2.11. The van der Waals surface area contributed by atoms with Crippen molar-refractivity contribution in [3.63, 3.8) is 0 Å². The van der Waals surface area contributed by atoms with Gasteiger partial charge < -0.3 is 17.2 Å². The molecule has 0 aliphatic heterocycles. The molecule has 2 aromatic rings. The van der Waals surface area contributed by atoms with Crippen molar-refractivity contribution in [2.75, 3.05) is 5.43 Å². The smallest absolute Gasteiger partial charge is 0.211 e. The number of benzene rings is 2. The Morgan fingerprint density at radius 2 is 1.81 bits per heavy atom. The summed E-state index contributed by atoms with van der Waals surface area (Å²) in [6, 6.07) is 9.53. The van der Waals surface area contributed by atoms with Crippen molar-refractivity contribution in [2.24, 2.45) is 32.5 Å². The van der Waals surface area contributed by atoms with Crippen LogP contribution in [0.1, 0.15) is 5.56 Å². The number of rotatable bonds is 3. The minimum Gasteiger partial charge on any atom is -0.373 e. The molecule has 0 atom stereocenters. The average Bonchev–Trinajstić information content (AvgIpc) is 2.43. The molecule has 0 spiro atoms. The molecule has 108 valence electrons. The summed E-state index contributed by atoms with van der Waals surface area (Å²) in [6.45, 7) is 1.91. The Bertz CT molecular complexity index is 748. The van der Waals surface area contributed by atoms with Crippen LogP contribution in [0.3, 0.4) is 0 Å². The largest absolute Gasteiger partial charge is 0.373 e. The maximum Gasteiger partial charge on any atom is 0.211 e. The number of anilines is 1. The summed E-state index contributed by atoms with van der Waals surface area (Å²) >= 11 is 4.71. The second-order valence-electron chi connectivity index (χ2n) is 4.32. The van der Waals surface area contributed by atoms with Crippen molar-refractivity contribution in [3.05, 3.63) is 35.9 Å². The second-order valence-corrected chi connectivity index (χ2v) is 4.74. The number of hydrogen-bond donors (Lipinski definition) is 4. The van der Waals surface area contributed by atoms with E-state index in [4.69, 9.17) is 29.4 Å². The SMILES string of the molecule is Cc1cc(N=NC(N)=S)c2ccccc2c1NN=C(N)N. The molecule has 7 nitrogen and oxygen atoms in total. The molecule has 0 saturated carbocycles. The third-order valence-corrected chi connectivity index (χ3v) is 2.85. The average molecular weight is 301 g/mol. The summed E-state index contributed by atoms with van der Waals surface area (Å²) in [5.41, 5.74) is 21.3. The number of aryl methyl sites for hydroxylation is 1. The van der Waals surface area contributed by atoms with E-state index in [2.05, 4.69) is 20.8 Å². The molecular formula is C13H15N7S. The number of fused-ring (bicyclic) bond motifs is 1. The van der Waals surface area contributed by atoms with Crippen LogP contribution in [0.4, 0.5) is 11.4 Å². The van der Waals surface area contributed by atoms with Crippen LogP contribution in [-0.2, 0) is 0 Å². The van der Waals surface area contributed by atoms with Crippen molar-refractivity contribution in [1.29, 1.82) is 0 Å². The van der Waals surface area contributed by atoms with Gasteiger partial charge in [0.15, 0.2) is 0 Å². The summed E-state index contributed by atoms with van der Waals surface area (Å²) < 4.78 is 0. The number of nitrogens with one attached hydrogen (secondary N) is 1. The molecule has 0 aromatic heterocycles. The highest BCUT2D eigenvalue weighted by atomic mass is 32.1. The Kier molecular flexibility index (Phi) is 4.29. The fourth-order valence-corrected chi connectivity index (χ4v) is 1.99. The van der Waals surface area contributed by atoms with E-state index in [-0.39, 0.29) is 11.1 Å². The standard InChI is InChI=1S/C13H15N7S/c1-7-6-10(17-20-13(16)21)8-4-2-3-5-9(8)11(7)18-19-12(14)15/h2-6,18H,1H3,(H2,16,21)(H4,14,15,19). The molecule has 8 heteroatoms. The molecule has 7 N–H and O–H groups in total. The summed E-state index contributed by atoms with van der Waals surface area (Å²) in [7, 11) is 0. The lowest BCUT2D eigenvalue weighted by molar-refractivity contribution is 1.26. The van der Waals surface area contributed by atoms with Gasteiger partial charge in [0, 0.05) is 10.8 Å². The summed E-state index contributed by atoms with van der Waals surface area (Å²) in [4.78, 5) is 0. The first-order valence-electron chi connectivity index (χ1n) is 6.07. The molecule has 0 heterocycles. The molecule has 0 saturated heterocycles. The normalized spacial score (nSPS) is 10.7. The summed E-state index contributed by atoms with van der Waals surface area (Å²) in [6.07, 6.45) is 0. The Hall–Kier alpha value is -2.74. The zero-order valence-corrected chi connectivity index (χ0v) is 12.2. The lowest BCUT2D eigenvalue weighted by atomic mass is 10.0. The van der Waals surface area contributed by atoms with Crippen LogP contribution in [0.15, 0.2) is 45.7 Å². The van der Waals surface area contributed by atoms with Gasteiger partial charge in [-0.15, -0.1) is 15.3 Å². The first kappa shape index (κ1) is 14.7. The van der Waals surface area contributed by atoms with E-state index < -0.39 is 0 Å². The Balaban J connectivity index is 2.63. The van der Waals surface area contributed by atoms with Gasteiger partial charge in [-0.1, -0.05) is 24.3 Å². The van der Waals surface area contributed by atoms with Crippen molar-refractivity contribution < 1.29 is 0 Å². The van der Waals surface area contributed by atoms with E-state index >= 15 is 0 Å². The number of guanidine groups is 1. The van der Waals surface area contributed by atoms with E-state index in [1.807, 2.05) is 37.3 Å². The van der Waals surface area contributed by atoms with Crippen molar-refractivity contribution >= 4 is 45.4 Å². The van der Waals surface area contributed by atoms with E-state index in [0.717, 1.165) is 22.0 Å². The third kappa shape index (κ3) is 3.42. The number of nitrogens with two attached hydrogens (primary N) is 3. The van der Waals surface area contributed by atoms with Crippen LogP contribution in [0.25, 0.3) is 10.8 Å². The van der Waals surface area contributed by atoms with Crippen molar-refractivity contribution in [3.8, 4) is 0 Å². The van der Waals surface area contributed by atoms with Gasteiger partial charge in [-0.2, -0.15) is 0 Å². The minimum atomic E-state index is -0.0456. The highest BCUT2D eigenvalue weighted by Gasteiger charge is 2.09. The molecule has 0 radical (unpaired) electrons. The molecule has 0 amide bonds. The molecule has 2 rings (SSSR count). The summed E-state index contributed by atoms with van der Waals surface area (Å²) in [5.74, 6) is -0.0456. The first-order chi connectivity index (χ1) is 9.99. The van der Waals surface area contributed by atoms with Gasteiger partial charge in [0.2, 0.25) is 11.1 Å². The van der Waals surface area contributed by atoms with Gasteiger partial charge in [0.05, 0.1) is 11.4 Å². The fraction of sp³-hybridized carbons (Fsp3) is 0.0769. The molecule has 2 aromatic carbocycles. The number of hydrogen-bond acceptors (Lipinski definition) is 4. The maximum atomic E-state index is 5.35. The zero-order chi connectivity index (χ0) is 15.4. The highest BCUT2D eigenvalue weighted by Crippen LogP contribution is 2.35. The van der Waals surface area contributed by atoms with Crippen LogP contribution in [0.5, 0.6) is 0 Å². The van der Waals surface area contributed by atoms with Gasteiger partial charge in [-0.05, 0) is 30.8 Å². The number of thiocarbonyl (C=S) groups is 1. The zero-order valence-electron chi connectivity index (χ0n) is 11.4. The third-order valence-electron chi connectivity index (χ3n) is 2.77. The van der Waals surface area contributed by atoms with E-state index in [0.29, 0.717) is 5.69 Å². The Morgan fingerprint density at radius 3 is 2.43 bits per heavy atom. The van der Waals surface area contributed by atoms with E-state index in [1.165, 1.54) is 0 Å².